The third-order valence-electron chi connectivity index (χ3n) is 5.95. The van der Waals surface area contributed by atoms with E-state index >= 15 is 0 Å². The maximum atomic E-state index is 6.00. The second-order valence-corrected chi connectivity index (χ2v) is 9.40. The molecule has 1 aliphatic heterocycles. The maximum absolute atomic E-state index is 6.00. The number of halogens is 1. The van der Waals surface area contributed by atoms with Crippen molar-refractivity contribution >= 4 is 28.6 Å². The van der Waals surface area contributed by atoms with E-state index in [1.54, 1.807) is 20.9 Å². The van der Waals surface area contributed by atoms with Crippen molar-refractivity contribution in [2.24, 2.45) is 0 Å². The predicted molar refractivity (Wildman–Crippen MR) is 114 cm³/mol. The fraction of sp³-hybridized carbons (Fsp3) is 0.545. The molecule has 0 bridgehead atoms. The van der Waals surface area contributed by atoms with Crippen molar-refractivity contribution in [1.82, 2.24) is 4.90 Å². The van der Waals surface area contributed by atoms with Crippen molar-refractivity contribution < 1.29 is 0 Å². The molecule has 4 heteroatoms. The Labute approximate surface area is 166 Å². The number of piperazine rings is 1. The van der Waals surface area contributed by atoms with Crippen molar-refractivity contribution in [3.05, 3.63) is 50.2 Å². The molecule has 2 aliphatic rings. The molecule has 0 radical (unpaired) electrons. The molecule has 1 saturated heterocycles. The van der Waals surface area contributed by atoms with Gasteiger partial charge >= 0.3 is 0 Å². The van der Waals surface area contributed by atoms with Gasteiger partial charge in [0.2, 0.25) is 0 Å². The van der Waals surface area contributed by atoms with E-state index in [4.69, 9.17) is 11.6 Å². The molecular formula is C22H29ClN2S. The van der Waals surface area contributed by atoms with Crippen LogP contribution in [0.3, 0.4) is 0 Å². The lowest BCUT2D eigenvalue weighted by atomic mass is 9.93. The van der Waals surface area contributed by atoms with Crippen LogP contribution in [0.15, 0.2) is 24.3 Å². The third kappa shape index (κ3) is 4.11. The normalized spacial score (nSPS) is 18.2. The van der Waals surface area contributed by atoms with E-state index in [0.717, 1.165) is 18.1 Å². The summed E-state index contributed by atoms with van der Waals surface area (Å²) in [6.45, 7) is 8.15. The quantitative estimate of drug-likeness (QED) is 0.681. The number of nitrogens with zero attached hydrogens (tertiary/aromatic N) is 2. The number of hydrogen-bond acceptors (Lipinski definition) is 3. The zero-order chi connectivity index (χ0) is 17.9. The minimum atomic E-state index is 0.818. The van der Waals surface area contributed by atoms with Crippen molar-refractivity contribution in [3.63, 3.8) is 0 Å². The fourth-order valence-corrected chi connectivity index (χ4v) is 5.90. The highest BCUT2D eigenvalue weighted by molar-refractivity contribution is 7.12. The van der Waals surface area contributed by atoms with Crippen LogP contribution in [-0.2, 0) is 19.3 Å². The second-order valence-electron chi connectivity index (χ2n) is 7.65. The first-order valence-corrected chi connectivity index (χ1v) is 11.2. The molecule has 0 N–H and O–H groups in total. The minimum Gasteiger partial charge on any atom is -0.369 e. The Morgan fingerprint density at radius 1 is 1.00 bits per heavy atom. The predicted octanol–water partition coefficient (Wildman–Crippen LogP) is 5.34. The maximum Gasteiger partial charge on any atom is 0.0407 e. The summed E-state index contributed by atoms with van der Waals surface area (Å²) in [6.07, 6.45) is 8.01. The van der Waals surface area contributed by atoms with Crippen LogP contribution >= 0.6 is 22.9 Å². The minimum absolute atomic E-state index is 0.818. The summed E-state index contributed by atoms with van der Waals surface area (Å²) < 4.78 is 0. The number of rotatable bonds is 5. The third-order valence-corrected chi connectivity index (χ3v) is 7.45. The van der Waals surface area contributed by atoms with Gasteiger partial charge in [-0.25, -0.2) is 0 Å². The van der Waals surface area contributed by atoms with Gasteiger partial charge in [0.1, 0.15) is 0 Å². The van der Waals surface area contributed by atoms with Gasteiger partial charge in [-0.15, -0.1) is 11.3 Å². The lowest BCUT2D eigenvalue weighted by molar-refractivity contribution is 0.255. The molecule has 26 heavy (non-hydrogen) atoms. The van der Waals surface area contributed by atoms with Crippen LogP contribution in [0.5, 0.6) is 0 Å². The van der Waals surface area contributed by atoms with Gasteiger partial charge < -0.3 is 4.90 Å². The number of thiophene rings is 1. The SMILES string of the molecule is Cc1sc2c(c1CCCN1CCN(c3ccc(Cl)cc3)CC1)CCCC2. The number of benzene rings is 1. The van der Waals surface area contributed by atoms with E-state index in [0.29, 0.717) is 0 Å². The highest BCUT2D eigenvalue weighted by Gasteiger charge is 2.20. The van der Waals surface area contributed by atoms with Crippen molar-refractivity contribution in [3.8, 4) is 0 Å². The monoisotopic (exact) mass is 388 g/mol. The Kier molecular flexibility index (Phi) is 5.87. The summed E-state index contributed by atoms with van der Waals surface area (Å²) in [7, 11) is 0. The van der Waals surface area contributed by atoms with Gasteiger partial charge in [-0.3, -0.25) is 4.90 Å². The smallest absolute Gasteiger partial charge is 0.0407 e. The molecule has 0 saturated carbocycles. The molecular weight excluding hydrogens is 360 g/mol. The van der Waals surface area contributed by atoms with Gasteiger partial charge in [-0.2, -0.15) is 0 Å². The van der Waals surface area contributed by atoms with E-state index in [-0.39, 0.29) is 0 Å². The first-order valence-electron chi connectivity index (χ1n) is 10.0. The summed E-state index contributed by atoms with van der Waals surface area (Å²) in [5, 5.41) is 0.818. The molecule has 1 aliphatic carbocycles. The molecule has 140 valence electrons. The average Bonchev–Trinajstić information content (AvgIpc) is 2.99. The summed E-state index contributed by atoms with van der Waals surface area (Å²) in [6, 6.07) is 8.27. The molecule has 1 fully saturated rings. The summed E-state index contributed by atoms with van der Waals surface area (Å²) >= 11 is 8.07. The molecule has 0 unspecified atom stereocenters. The molecule has 0 atom stereocenters. The lowest BCUT2D eigenvalue weighted by Crippen LogP contribution is -2.46. The van der Waals surface area contributed by atoms with E-state index in [1.807, 2.05) is 12.1 Å². The molecule has 2 aromatic rings. The Balaban J connectivity index is 1.25. The molecule has 1 aromatic heterocycles. The van der Waals surface area contributed by atoms with Gasteiger partial charge in [0, 0.05) is 46.6 Å². The number of aryl methyl sites for hydroxylation is 2. The summed E-state index contributed by atoms with van der Waals surface area (Å²) in [5.74, 6) is 0. The van der Waals surface area contributed by atoms with Gasteiger partial charge in [-0.05, 0) is 87.4 Å². The first kappa shape index (κ1) is 18.3. The van der Waals surface area contributed by atoms with Crippen LogP contribution in [0, 0.1) is 6.92 Å². The van der Waals surface area contributed by atoms with Gasteiger partial charge in [-0.1, -0.05) is 11.6 Å². The van der Waals surface area contributed by atoms with Crippen LogP contribution in [0.1, 0.15) is 40.1 Å². The largest absolute Gasteiger partial charge is 0.369 e. The molecule has 0 amide bonds. The fourth-order valence-electron chi connectivity index (χ4n) is 4.46. The van der Waals surface area contributed by atoms with Gasteiger partial charge in [0.15, 0.2) is 0 Å². The Morgan fingerprint density at radius 2 is 1.73 bits per heavy atom. The molecule has 0 spiro atoms. The van der Waals surface area contributed by atoms with Crippen molar-refractivity contribution in [2.75, 3.05) is 37.6 Å². The van der Waals surface area contributed by atoms with Crippen LogP contribution in [0.25, 0.3) is 0 Å². The first-order chi connectivity index (χ1) is 12.7. The van der Waals surface area contributed by atoms with Crippen molar-refractivity contribution in [1.29, 1.82) is 0 Å². The average molecular weight is 389 g/mol. The van der Waals surface area contributed by atoms with Crippen LogP contribution in [0.2, 0.25) is 5.02 Å². The van der Waals surface area contributed by atoms with Crippen LogP contribution in [0.4, 0.5) is 5.69 Å². The zero-order valence-electron chi connectivity index (χ0n) is 15.8. The number of fused-ring (bicyclic) bond motifs is 1. The molecule has 4 rings (SSSR count). The van der Waals surface area contributed by atoms with E-state index in [1.165, 1.54) is 63.8 Å². The Hall–Kier alpha value is -1.03. The zero-order valence-corrected chi connectivity index (χ0v) is 17.3. The summed E-state index contributed by atoms with van der Waals surface area (Å²) in [5.41, 5.74) is 4.73. The molecule has 1 aromatic carbocycles. The van der Waals surface area contributed by atoms with Gasteiger partial charge in [0.25, 0.3) is 0 Å². The van der Waals surface area contributed by atoms with E-state index in [2.05, 4.69) is 40.2 Å². The highest BCUT2D eigenvalue weighted by Crippen LogP contribution is 2.34. The Bertz CT molecular complexity index is 729. The van der Waals surface area contributed by atoms with Crippen LogP contribution < -0.4 is 4.90 Å². The molecule has 2 heterocycles. The summed E-state index contributed by atoms with van der Waals surface area (Å²) in [4.78, 5) is 8.40. The Morgan fingerprint density at radius 3 is 2.50 bits per heavy atom. The molecule has 2 nitrogen and oxygen atoms in total. The van der Waals surface area contributed by atoms with E-state index < -0.39 is 0 Å². The standard InChI is InChI=1S/C22H29ClN2S/c1-17-20(21-5-2-3-7-22(21)26-17)6-4-12-24-13-15-25(16-14-24)19-10-8-18(23)9-11-19/h8-11H,2-7,12-16H2,1H3. The number of anilines is 1. The van der Waals surface area contributed by atoms with Gasteiger partial charge in [0.05, 0.1) is 0 Å². The van der Waals surface area contributed by atoms with Crippen LogP contribution in [-0.4, -0.2) is 37.6 Å². The highest BCUT2D eigenvalue weighted by atomic mass is 35.5. The van der Waals surface area contributed by atoms with E-state index in [9.17, 15) is 0 Å². The topological polar surface area (TPSA) is 6.48 Å². The second kappa shape index (κ2) is 8.33. The lowest BCUT2D eigenvalue weighted by Gasteiger charge is -2.36. The van der Waals surface area contributed by atoms with Crippen molar-refractivity contribution in [2.45, 2.75) is 45.4 Å². The number of hydrogen-bond donors (Lipinski definition) is 0.